The number of nitrogens with one attached hydrogen (secondary N) is 2. The van der Waals surface area contributed by atoms with E-state index in [0.717, 1.165) is 19.3 Å². The average molecular weight is 395 g/mol. The zero-order valence-electron chi connectivity index (χ0n) is 15.9. The van der Waals surface area contributed by atoms with Crippen molar-refractivity contribution < 1.29 is 18.8 Å². The number of hydrogen-bond acceptors (Lipinski definition) is 3. The molecular weight excluding hydrogens is 373 g/mol. The highest BCUT2D eigenvalue weighted by molar-refractivity contribution is 6.08. The summed E-state index contributed by atoms with van der Waals surface area (Å²) >= 11 is 0. The van der Waals surface area contributed by atoms with Crippen molar-refractivity contribution in [1.29, 1.82) is 0 Å². The summed E-state index contributed by atoms with van der Waals surface area (Å²) in [6, 6.07) is 10.9. The van der Waals surface area contributed by atoms with E-state index in [4.69, 9.17) is 0 Å². The van der Waals surface area contributed by atoms with Crippen molar-refractivity contribution in [3.63, 3.8) is 0 Å². The minimum absolute atomic E-state index is 0.0350. The highest BCUT2D eigenvalue weighted by Gasteiger charge is 2.32. The number of piperidine rings is 1. The number of benzene rings is 2. The Morgan fingerprint density at radius 3 is 2.62 bits per heavy atom. The summed E-state index contributed by atoms with van der Waals surface area (Å²) in [6.07, 6.45) is 3.04. The van der Waals surface area contributed by atoms with Crippen LogP contribution in [0.5, 0.6) is 0 Å². The number of carbonyl (C=O) groups is 3. The molecule has 1 unspecified atom stereocenters. The lowest BCUT2D eigenvalue weighted by Gasteiger charge is -2.28. The Morgan fingerprint density at radius 2 is 1.83 bits per heavy atom. The molecule has 2 aromatic rings. The van der Waals surface area contributed by atoms with Crippen molar-refractivity contribution in [2.75, 3.05) is 23.7 Å². The van der Waals surface area contributed by atoms with Crippen LogP contribution < -0.4 is 10.6 Å². The quantitative estimate of drug-likeness (QED) is 0.835. The Bertz CT molecular complexity index is 970. The third-order valence-corrected chi connectivity index (χ3v) is 5.43. The fraction of sp³-hybridized carbons (Fsp3) is 0.318. The van der Waals surface area contributed by atoms with Gasteiger partial charge in [-0.2, -0.15) is 0 Å². The Balaban J connectivity index is 1.58. The van der Waals surface area contributed by atoms with Crippen molar-refractivity contribution in [3.8, 4) is 0 Å². The maximum absolute atomic E-state index is 13.5. The molecule has 0 aliphatic carbocycles. The minimum Gasteiger partial charge on any atom is -0.339 e. The number of nitrogens with zero attached hydrogens (tertiary/aromatic N) is 1. The molecule has 0 radical (unpaired) electrons. The maximum atomic E-state index is 13.5. The lowest BCUT2D eigenvalue weighted by Crippen LogP contribution is -2.36. The van der Waals surface area contributed by atoms with Gasteiger partial charge in [-0.15, -0.1) is 0 Å². The monoisotopic (exact) mass is 395 g/mol. The second-order valence-corrected chi connectivity index (χ2v) is 7.42. The Labute approximate surface area is 168 Å². The minimum atomic E-state index is -0.752. The van der Waals surface area contributed by atoms with E-state index >= 15 is 0 Å². The first-order chi connectivity index (χ1) is 14.0. The van der Waals surface area contributed by atoms with Crippen molar-refractivity contribution in [2.24, 2.45) is 0 Å². The van der Waals surface area contributed by atoms with Gasteiger partial charge >= 0.3 is 0 Å². The van der Waals surface area contributed by atoms with E-state index in [-0.39, 0.29) is 18.2 Å². The number of rotatable bonds is 3. The molecule has 1 atom stereocenters. The van der Waals surface area contributed by atoms with E-state index in [1.807, 2.05) is 0 Å². The molecule has 150 valence electrons. The van der Waals surface area contributed by atoms with Gasteiger partial charge in [-0.25, -0.2) is 4.39 Å². The van der Waals surface area contributed by atoms with E-state index in [9.17, 15) is 18.8 Å². The molecule has 2 aliphatic rings. The number of anilines is 2. The molecule has 2 N–H and O–H groups in total. The van der Waals surface area contributed by atoms with Crippen molar-refractivity contribution in [1.82, 2.24) is 4.90 Å². The van der Waals surface area contributed by atoms with Gasteiger partial charge in [0.25, 0.3) is 5.91 Å². The van der Waals surface area contributed by atoms with Crippen LogP contribution in [0, 0.1) is 5.82 Å². The second-order valence-electron chi connectivity index (χ2n) is 7.42. The average Bonchev–Trinajstić information content (AvgIpc) is 2.73. The van der Waals surface area contributed by atoms with Crippen LogP contribution in [0.2, 0.25) is 0 Å². The molecule has 6 nitrogen and oxygen atoms in total. The molecule has 2 aliphatic heterocycles. The number of halogens is 1. The standard InChI is InChI=1S/C22H22FN3O3/c23-14-8-9-15-17(13-20(27)24-19(15)12-14)21(28)25-18-7-3-2-6-16(18)22(29)26-10-4-1-5-11-26/h2-3,6-9,12,17H,1,4-5,10-11,13H2,(H,24,27)(H,25,28). The number of fused-ring (bicyclic) bond motifs is 1. The Hall–Kier alpha value is -3.22. The molecule has 0 spiro atoms. The van der Waals surface area contributed by atoms with Crippen LogP contribution in [-0.2, 0) is 9.59 Å². The van der Waals surface area contributed by atoms with Crippen LogP contribution >= 0.6 is 0 Å². The van der Waals surface area contributed by atoms with E-state index in [0.29, 0.717) is 35.6 Å². The van der Waals surface area contributed by atoms with Crippen LogP contribution in [0.1, 0.15) is 47.5 Å². The zero-order valence-corrected chi connectivity index (χ0v) is 15.9. The predicted octanol–water partition coefficient (Wildman–Crippen LogP) is 3.52. The predicted molar refractivity (Wildman–Crippen MR) is 107 cm³/mol. The number of carbonyl (C=O) groups excluding carboxylic acids is 3. The first kappa shape index (κ1) is 19.1. The smallest absolute Gasteiger partial charge is 0.255 e. The third kappa shape index (κ3) is 3.99. The summed E-state index contributed by atoms with van der Waals surface area (Å²) < 4.78 is 13.5. The molecule has 7 heteroatoms. The van der Waals surface area contributed by atoms with Crippen molar-refractivity contribution >= 4 is 29.1 Å². The van der Waals surface area contributed by atoms with Crippen molar-refractivity contribution in [2.45, 2.75) is 31.6 Å². The molecule has 4 rings (SSSR count). The molecule has 2 heterocycles. The summed E-state index contributed by atoms with van der Waals surface area (Å²) in [4.78, 5) is 39.8. The molecule has 1 saturated heterocycles. The molecule has 0 saturated carbocycles. The summed E-state index contributed by atoms with van der Waals surface area (Å²) in [5.41, 5.74) is 1.72. The summed E-state index contributed by atoms with van der Waals surface area (Å²) in [7, 11) is 0. The highest BCUT2D eigenvalue weighted by Crippen LogP contribution is 2.34. The second kappa shape index (κ2) is 8.03. The molecule has 0 aromatic heterocycles. The molecule has 29 heavy (non-hydrogen) atoms. The van der Waals surface area contributed by atoms with Crippen LogP contribution in [0.4, 0.5) is 15.8 Å². The fourth-order valence-corrected chi connectivity index (χ4v) is 3.94. The lowest BCUT2D eigenvalue weighted by molar-refractivity contribution is -0.123. The topological polar surface area (TPSA) is 78.5 Å². The van der Waals surface area contributed by atoms with Gasteiger partial charge < -0.3 is 15.5 Å². The van der Waals surface area contributed by atoms with E-state index in [1.54, 1.807) is 29.2 Å². The van der Waals surface area contributed by atoms with Gasteiger partial charge in [-0.1, -0.05) is 18.2 Å². The number of likely N-dealkylation sites (tertiary alicyclic amines) is 1. The van der Waals surface area contributed by atoms with E-state index in [1.165, 1.54) is 18.2 Å². The third-order valence-electron chi connectivity index (χ3n) is 5.43. The fourth-order valence-electron chi connectivity index (χ4n) is 3.94. The van der Waals surface area contributed by atoms with Gasteiger partial charge in [0.2, 0.25) is 11.8 Å². The molecule has 3 amide bonds. The van der Waals surface area contributed by atoms with E-state index < -0.39 is 17.6 Å². The van der Waals surface area contributed by atoms with Crippen LogP contribution in [-0.4, -0.2) is 35.7 Å². The normalized spacial score (nSPS) is 18.6. The first-order valence-electron chi connectivity index (χ1n) is 9.81. The largest absolute Gasteiger partial charge is 0.339 e. The van der Waals surface area contributed by atoms with Gasteiger partial charge in [-0.05, 0) is 49.1 Å². The number of para-hydroxylation sites is 1. The van der Waals surface area contributed by atoms with Crippen LogP contribution in [0.25, 0.3) is 0 Å². The van der Waals surface area contributed by atoms with Crippen LogP contribution in [0.15, 0.2) is 42.5 Å². The van der Waals surface area contributed by atoms with Gasteiger partial charge in [0.05, 0.1) is 17.2 Å². The number of amides is 3. The number of hydrogen-bond donors (Lipinski definition) is 2. The maximum Gasteiger partial charge on any atom is 0.255 e. The Morgan fingerprint density at radius 1 is 1.07 bits per heavy atom. The SMILES string of the molecule is O=C1CC(C(=O)Nc2ccccc2C(=O)N2CCCCC2)c2ccc(F)cc2N1. The molecule has 1 fully saturated rings. The zero-order chi connectivity index (χ0) is 20.4. The summed E-state index contributed by atoms with van der Waals surface area (Å²) in [5, 5.41) is 5.42. The molecule has 2 aromatic carbocycles. The highest BCUT2D eigenvalue weighted by atomic mass is 19.1. The van der Waals surface area contributed by atoms with Crippen LogP contribution in [0.3, 0.4) is 0 Å². The molecule has 0 bridgehead atoms. The summed E-state index contributed by atoms with van der Waals surface area (Å²) in [5.74, 6) is -2.09. The van der Waals surface area contributed by atoms with E-state index in [2.05, 4.69) is 10.6 Å². The van der Waals surface area contributed by atoms with Gasteiger partial charge in [0.1, 0.15) is 5.82 Å². The van der Waals surface area contributed by atoms with Gasteiger partial charge in [0, 0.05) is 25.2 Å². The first-order valence-corrected chi connectivity index (χ1v) is 9.81. The lowest BCUT2D eigenvalue weighted by atomic mass is 9.89. The molecular formula is C22H22FN3O3. The van der Waals surface area contributed by atoms with Crippen molar-refractivity contribution in [3.05, 3.63) is 59.4 Å². The Kier molecular flexibility index (Phi) is 5.29. The van der Waals surface area contributed by atoms with Gasteiger partial charge in [0.15, 0.2) is 0 Å². The summed E-state index contributed by atoms with van der Waals surface area (Å²) in [6.45, 7) is 1.42. The van der Waals surface area contributed by atoms with Gasteiger partial charge in [-0.3, -0.25) is 14.4 Å².